The van der Waals surface area contributed by atoms with Crippen molar-refractivity contribution < 1.29 is 9.90 Å². The topological polar surface area (TPSA) is 83.0 Å². The normalized spacial score (nSPS) is 12.2. The number of aromatic carboxylic acids is 1. The van der Waals surface area contributed by atoms with Crippen LogP contribution in [0, 0.1) is 6.92 Å². The summed E-state index contributed by atoms with van der Waals surface area (Å²) in [6.45, 7) is 7.04. The molecule has 0 fully saturated rings. The zero-order valence-corrected chi connectivity index (χ0v) is 12.5. The average Bonchev–Trinajstić information content (AvgIpc) is 2.77. The number of hydrogen-bond acceptors (Lipinski definition) is 4. The van der Waals surface area contributed by atoms with E-state index in [0.717, 1.165) is 16.9 Å². The Labute approximate surface area is 125 Å². The summed E-state index contributed by atoms with van der Waals surface area (Å²) in [5, 5.41) is 9.47. The molecule has 0 saturated carbocycles. The van der Waals surface area contributed by atoms with Crippen LogP contribution in [0.5, 0.6) is 0 Å². The first-order valence-electron chi connectivity index (χ1n) is 6.22. The Morgan fingerprint density at radius 2 is 2.19 bits per heavy atom. The van der Waals surface area contributed by atoms with Gasteiger partial charge in [0, 0.05) is 5.57 Å². The zero-order chi connectivity index (χ0) is 15.6. The van der Waals surface area contributed by atoms with Crippen molar-refractivity contribution in [1.82, 2.24) is 9.97 Å². The predicted molar refractivity (Wildman–Crippen MR) is 84.9 cm³/mol. The number of aromatic amines is 1. The van der Waals surface area contributed by atoms with E-state index in [9.17, 15) is 9.59 Å². The van der Waals surface area contributed by atoms with Crippen LogP contribution in [0.2, 0.25) is 0 Å². The highest BCUT2D eigenvalue weighted by atomic mass is 32.1. The third kappa shape index (κ3) is 2.71. The molecule has 0 amide bonds. The summed E-state index contributed by atoms with van der Waals surface area (Å²) in [6, 6.07) is 0. The highest BCUT2D eigenvalue weighted by Gasteiger charge is 2.18. The van der Waals surface area contributed by atoms with Crippen LogP contribution in [-0.2, 0) is 0 Å². The minimum atomic E-state index is -1.05. The van der Waals surface area contributed by atoms with Gasteiger partial charge in [-0.15, -0.1) is 11.3 Å². The van der Waals surface area contributed by atoms with Crippen LogP contribution in [0.1, 0.15) is 28.0 Å². The average molecular weight is 302 g/mol. The SMILES string of the molecule is C=C/C=C\C(=C/C)c1nc2sc(C(=O)O)c(C)c2c(=O)[nH]1. The molecule has 0 aliphatic carbocycles. The number of thiophene rings is 1. The Morgan fingerprint density at radius 3 is 2.76 bits per heavy atom. The van der Waals surface area contributed by atoms with Crippen molar-refractivity contribution in [2.45, 2.75) is 13.8 Å². The Balaban J connectivity index is 2.71. The van der Waals surface area contributed by atoms with Crippen molar-refractivity contribution in [3.05, 3.63) is 57.5 Å². The van der Waals surface area contributed by atoms with Crippen molar-refractivity contribution in [2.24, 2.45) is 0 Å². The van der Waals surface area contributed by atoms with Crippen LogP contribution in [0.4, 0.5) is 0 Å². The minimum Gasteiger partial charge on any atom is -0.477 e. The number of carbonyl (C=O) groups is 1. The van der Waals surface area contributed by atoms with Gasteiger partial charge in [0.05, 0.1) is 5.39 Å². The number of H-pyrrole nitrogens is 1. The fraction of sp³-hybridized carbons (Fsp3) is 0.133. The summed E-state index contributed by atoms with van der Waals surface area (Å²) >= 11 is 1.01. The number of hydrogen-bond donors (Lipinski definition) is 2. The Hall–Kier alpha value is -2.47. The summed E-state index contributed by atoms with van der Waals surface area (Å²) in [4.78, 5) is 31.0. The molecule has 0 saturated heterocycles. The lowest BCUT2D eigenvalue weighted by molar-refractivity contribution is 0.0701. The molecule has 2 N–H and O–H groups in total. The smallest absolute Gasteiger partial charge is 0.346 e. The lowest BCUT2D eigenvalue weighted by Gasteiger charge is -2.01. The van der Waals surface area contributed by atoms with Crippen molar-refractivity contribution >= 4 is 33.1 Å². The van der Waals surface area contributed by atoms with Gasteiger partial charge in [-0.1, -0.05) is 30.9 Å². The molecule has 2 heterocycles. The first-order chi connectivity index (χ1) is 9.99. The van der Waals surface area contributed by atoms with Gasteiger partial charge in [-0.25, -0.2) is 9.78 Å². The van der Waals surface area contributed by atoms with Gasteiger partial charge in [-0.05, 0) is 19.4 Å². The van der Waals surface area contributed by atoms with Crippen LogP contribution in [0.15, 0.2) is 35.7 Å². The van der Waals surface area contributed by atoms with Crippen molar-refractivity contribution in [2.75, 3.05) is 0 Å². The fourth-order valence-electron chi connectivity index (χ4n) is 1.97. The minimum absolute atomic E-state index is 0.142. The second-order valence-electron chi connectivity index (χ2n) is 4.29. The summed E-state index contributed by atoms with van der Waals surface area (Å²) in [7, 11) is 0. The molecule has 0 aliphatic heterocycles. The molecule has 0 atom stereocenters. The van der Waals surface area contributed by atoms with E-state index >= 15 is 0 Å². The summed E-state index contributed by atoms with van der Waals surface area (Å²) in [6.07, 6.45) is 6.94. The van der Waals surface area contributed by atoms with Crippen molar-refractivity contribution in [3.63, 3.8) is 0 Å². The van der Waals surface area contributed by atoms with Gasteiger partial charge in [-0.3, -0.25) is 4.79 Å². The second kappa shape index (κ2) is 5.88. The largest absolute Gasteiger partial charge is 0.477 e. The third-order valence-corrected chi connectivity index (χ3v) is 4.16. The molecule has 6 heteroatoms. The van der Waals surface area contributed by atoms with Crippen LogP contribution >= 0.6 is 11.3 Å². The summed E-state index contributed by atoms with van der Waals surface area (Å²) < 4.78 is 0. The van der Waals surface area contributed by atoms with Gasteiger partial charge in [0.15, 0.2) is 0 Å². The maximum absolute atomic E-state index is 12.2. The van der Waals surface area contributed by atoms with E-state index in [2.05, 4.69) is 16.5 Å². The molecule has 0 aromatic carbocycles. The highest BCUT2D eigenvalue weighted by molar-refractivity contribution is 7.20. The number of carboxylic acid groups (broad SMARTS) is 1. The predicted octanol–water partition coefficient (Wildman–Crippen LogP) is 3.14. The molecule has 2 aromatic rings. The van der Waals surface area contributed by atoms with Gasteiger partial charge >= 0.3 is 5.97 Å². The number of aryl methyl sites for hydroxylation is 1. The van der Waals surface area contributed by atoms with E-state index in [1.807, 2.05) is 13.0 Å². The fourth-order valence-corrected chi connectivity index (χ4v) is 2.99. The van der Waals surface area contributed by atoms with Gasteiger partial charge < -0.3 is 10.1 Å². The molecule has 0 aliphatic rings. The van der Waals surface area contributed by atoms with Gasteiger partial charge in [0.25, 0.3) is 5.56 Å². The van der Waals surface area contributed by atoms with Crippen molar-refractivity contribution in [1.29, 1.82) is 0 Å². The van der Waals surface area contributed by atoms with Crippen LogP contribution in [0.25, 0.3) is 15.8 Å². The van der Waals surface area contributed by atoms with Gasteiger partial charge in [0.2, 0.25) is 0 Å². The molecule has 0 spiro atoms. The van der Waals surface area contributed by atoms with Crippen LogP contribution in [-0.4, -0.2) is 21.0 Å². The Kier molecular flexibility index (Phi) is 4.18. The van der Waals surface area contributed by atoms with E-state index in [0.29, 0.717) is 21.6 Å². The first kappa shape index (κ1) is 14.9. The summed E-state index contributed by atoms with van der Waals surface area (Å²) in [5.74, 6) is -0.638. The van der Waals surface area contributed by atoms with Crippen molar-refractivity contribution in [3.8, 4) is 0 Å². The molecule has 2 rings (SSSR count). The molecular formula is C15H14N2O3S. The lowest BCUT2D eigenvalue weighted by atomic mass is 10.2. The number of rotatable bonds is 4. The molecule has 21 heavy (non-hydrogen) atoms. The number of carboxylic acids is 1. The highest BCUT2D eigenvalue weighted by Crippen LogP contribution is 2.27. The number of aromatic nitrogens is 2. The number of nitrogens with one attached hydrogen (secondary N) is 1. The van der Waals surface area contributed by atoms with Gasteiger partial charge in [0.1, 0.15) is 15.5 Å². The van der Waals surface area contributed by atoms with E-state index < -0.39 is 5.97 Å². The molecule has 108 valence electrons. The number of allylic oxidation sites excluding steroid dienone is 5. The summed E-state index contributed by atoms with van der Waals surface area (Å²) in [5.41, 5.74) is 0.853. The molecule has 2 aromatic heterocycles. The maximum atomic E-state index is 12.2. The molecule has 0 bridgehead atoms. The van der Waals surface area contributed by atoms with E-state index in [1.54, 1.807) is 25.2 Å². The molecule has 0 unspecified atom stereocenters. The first-order valence-corrected chi connectivity index (χ1v) is 7.03. The van der Waals surface area contributed by atoms with Gasteiger partial charge in [-0.2, -0.15) is 0 Å². The monoisotopic (exact) mass is 302 g/mol. The Bertz CT molecular complexity index is 840. The van der Waals surface area contributed by atoms with Crippen LogP contribution in [0.3, 0.4) is 0 Å². The molecule has 0 radical (unpaired) electrons. The molecule has 5 nitrogen and oxygen atoms in total. The van der Waals surface area contributed by atoms with Crippen LogP contribution < -0.4 is 5.56 Å². The van der Waals surface area contributed by atoms with E-state index in [4.69, 9.17) is 5.11 Å². The number of fused-ring (bicyclic) bond motifs is 1. The standard InChI is InChI=1S/C15H14N2O3S/c1-4-6-7-9(5-2)12-16-13(18)10-8(3)11(15(19)20)21-14(10)17-12/h4-7H,1H2,2-3H3,(H,19,20)(H,16,17,18)/b7-6-,9-5+. The third-order valence-electron chi connectivity index (χ3n) is 2.99. The Morgan fingerprint density at radius 1 is 1.48 bits per heavy atom. The second-order valence-corrected chi connectivity index (χ2v) is 5.29. The zero-order valence-electron chi connectivity index (χ0n) is 11.6. The van der Waals surface area contributed by atoms with E-state index in [-0.39, 0.29) is 10.4 Å². The van der Waals surface area contributed by atoms with E-state index in [1.165, 1.54) is 0 Å². The number of nitrogens with zero attached hydrogens (tertiary/aromatic N) is 1. The molecular weight excluding hydrogens is 288 g/mol. The maximum Gasteiger partial charge on any atom is 0.346 e. The quantitative estimate of drug-likeness (QED) is 0.850. The lowest BCUT2D eigenvalue weighted by Crippen LogP contribution is -2.11.